The molecule has 2 aromatic heterocycles. The van der Waals surface area contributed by atoms with Crippen molar-refractivity contribution >= 4 is 17.2 Å². The second kappa shape index (κ2) is 7.31. The minimum absolute atomic E-state index is 0.140. The highest BCUT2D eigenvalue weighted by molar-refractivity contribution is 7.13. The molecule has 0 saturated carbocycles. The van der Waals surface area contributed by atoms with E-state index >= 15 is 0 Å². The Morgan fingerprint density at radius 2 is 2.21 bits per heavy atom. The molecule has 1 aromatic carbocycles. The van der Waals surface area contributed by atoms with Crippen molar-refractivity contribution in [3.8, 4) is 10.6 Å². The lowest BCUT2D eigenvalue weighted by atomic mass is 10.1. The van der Waals surface area contributed by atoms with Gasteiger partial charge in [-0.3, -0.25) is 9.78 Å². The largest absolute Gasteiger partial charge is 0.352 e. The van der Waals surface area contributed by atoms with E-state index in [0.29, 0.717) is 17.8 Å². The summed E-state index contributed by atoms with van der Waals surface area (Å²) in [7, 11) is 0. The van der Waals surface area contributed by atoms with E-state index in [-0.39, 0.29) is 18.1 Å². The third-order valence-corrected chi connectivity index (χ3v) is 4.47. The highest BCUT2D eigenvalue weighted by Gasteiger charge is 2.09. The predicted molar refractivity (Wildman–Crippen MR) is 92.0 cm³/mol. The lowest BCUT2D eigenvalue weighted by Gasteiger charge is -2.05. The molecule has 3 aromatic rings. The highest BCUT2D eigenvalue weighted by atomic mass is 32.1. The van der Waals surface area contributed by atoms with Crippen LogP contribution in [0.4, 0.5) is 4.39 Å². The normalized spacial score (nSPS) is 10.6. The number of amides is 1. The Labute approximate surface area is 143 Å². The zero-order chi connectivity index (χ0) is 16.9. The van der Waals surface area contributed by atoms with Crippen LogP contribution in [-0.2, 0) is 17.8 Å². The maximum absolute atomic E-state index is 13.5. The maximum atomic E-state index is 13.5. The molecule has 0 atom stereocenters. The lowest BCUT2D eigenvalue weighted by molar-refractivity contribution is -0.120. The van der Waals surface area contributed by atoms with Crippen LogP contribution in [0.25, 0.3) is 10.6 Å². The van der Waals surface area contributed by atoms with Gasteiger partial charge in [0, 0.05) is 29.9 Å². The highest BCUT2D eigenvalue weighted by Crippen LogP contribution is 2.22. The average molecular weight is 341 g/mol. The summed E-state index contributed by atoms with van der Waals surface area (Å²) in [5.41, 5.74) is 2.98. The molecule has 0 fully saturated rings. The van der Waals surface area contributed by atoms with Crippen molar-refractivity contribution in [2.75, 3.05) is 0 Å². The van der Waals surface area contributed by atoms with Gasteiger partial charge in [0.05, 0.1) is 12.1 Å². The Hall–Kier alpha value is -2.60. The Morgan fingerprint density at radius 1 is 1.33 bits per heavy atom. The number of pyridine rings is 1. The summed E-state index contributed by atoms with van der Waals surface area (Å²) in [5.74, 6) is -0.401. The molecule has 0 aliphatic heterocycles. The maximum Gasteiger partial charge on any atom is 0.226 e. The first kappa shape index (κ1) is 16.3. The monoisotopic (exact) mass is 341 g/mol. The molecule has 0 saturated heterocycles. The number of carbonyl (C=O) groups is 1. The van der Waals surface area contributed by atoms with Gasteiger partial charge >= 0.3 is 0 Å². The van der Waals surface area contributed by atoms with E-state index < -0.39 is 0 Å². The number of benzene rings is 1. The van der Waals surface area contributed by atoms with E-state index in [1.165, 1.54) is 17.4 Å². The predicted octanol–water partition coefficient (Wildman–Crippen LogP) is 3.51. The minimum atomic E-state index is -0.262. The number of nitrogens with zero attached hydrogens (tertiary/aromatic N) is 2. The van der Waals surface area contributed by atoms with Gasteiger partial charge < -0.3 is 5.32 Å². The number of hydrogen-bond donors (Lipinski definition) is 1. The van der Waals surface area contributed by atoms with E-state index in [9.17, 15) is 9.18 Å². The van der Waals surface area contributed by atoms with Crippen LogP contribution in [0.1, 0.15) is 16.8 Å². The average Bonchev–Trinajstić information content (AvgIpc) is 3.05. The molecule has 122 valence electrons. The topological polar surface area (TPSA) is 54.9 Å². The summed E-state index contributed by atoms with van der Waals surface area (Å²) >= 11 is 1.48. The van der Waals surface area contributed by atoms with E-state index in [2.05, 4.69) is 15.3 Å². The smallest absolute Gasteiger partial charge is 0.226 e. The number of halogens is 1. The standard InChI is InChI=1S/C18H16FN3OS/c1-12-4-5-13(7-16(12)19)9-21-17(23)8-15-11-24-18(22-15)14-3-2-6-20-10-14/h2-7,10-11H,8-9H2,1H3,(H,21,23). The third kappa shape index (κ3) is 4.02. The Bertz CT molecular complexity index is 848. The molecule has 24 heavy (non-hydrogen) atoms. The Kier molecular flexibility index (Phi) is 4.96. The van der Waals surface area contributed by atoms with Crippen molar-refractivity contribution in [3.05, 3.63) is 70.7 Å². The van der Waals surface area contributed by atoms with Gasteiger partial charge in [0.25, 0.3) is 0 Å². The lowest BCUT2D eigenvalue weighted by Crippen LogP contribution is -2.24. The van der Waals surface area contributed by atoms with Crippen molar-refractivity contribution in [3.63, 3.8) is 0 Å². The molecule has 3 rings (SSSR count). The number of rotatable bonds is 5. The van der Waals surface area contributed by atoms with Crippen LogP contribution in [-0.4, -0.2) is 15.9 Å². The van der Waals surface area contributed by atoms with Crippen molar-refractivity contribution in [2.45, 2.75) is 19.9 Å². The molecule has 0 unspecified atom stereocenters. The second-order valence-corrected chi connectivity index (χ2v) is 6.28. The molecule has 0 aliphatic carbocycles. The van der Waals surface area contributed by atoms with Gasteiger partial charge in [-0.05, 0) is 36.2 Å². The molecule has 0 spiro atoms. The van der Waals surface area contributed by atoms with Crippen molar-refractivity contribution < 1.29 is 9.18 Å². The van der Waals surface area contributed by atoms with Crippen LogP contribution in [0.5, 0.6) is 0 Å². The zero-order valence-electron chi connectivity index (χ0n) is 13.1. The van der Waals surface area contributed by atoms with Gasteiger partial charge in [0.1, 0.15) is 10.8 Å². The zero-order valence-corrected chi connectivity index (χ0v) is 13.9. The van der Waals surface area contributed by atoms with E-state index in [4.69, 9.17) is 0 Å². The number of thiazole rings is 1. The first-order valence-electron chi connectivity index (χ1n) is 7.48. The van der Waals surface area contributed by atoms with E-state index in [1.807, 2.05) is 23.6 Å². The molecule has 2 heterocycles. The molecule has 0 aliphatic rings. The molecule has 0 radical (unpaired) electrons. The number of hydrogen-bond acceptors (Lipinski definition) is 4. The quantitative estimate of drug-likeness (QED) is 0.773. The first-order chi connectivity index (χ1) is 11.6. The summed E-state index contributed by atoms with van der Waals surface area (Å²) in [6, 6.07) is 8.74. The number of nitrogens with one attached hydrogen (secondary N) is 1. The first-order valence-corrected chi connectivity index (χ1v) is 8.36. The number of aromatic nitrogens is 2. The van der Waals surface area contributed by atoms with Crippen LogP contribution in [0.2, 0.25) is 0 Å². The van der Waals surface area contributed by atoms with Crippen LogP contribution >= 0.6 is 11.3 Å². The summed E-state index contributed by atoms with van der Waals surface area (Å²) in [6.45, 7) is 2.01. The third-order valence-electron chi connectivity index (χ3n) is 3.53. The van der Waals surface area contributed by atoms with Crippen LogP contribution in [0.15, 0.2) is 48.1 Å². The molecule has 4 nitrogen and oxygen atoms in total. The fraction of sp³-hybridized carbons (Fsp3) is 0.167. The molecule has 0 bridgehead atoms. The van der Waals surface area contributed by atoms with Gasteiger partial charge in [-0.25, -0.2) is 9.37 Å². The van der Waals surface area contributed by atoms with Crippen LogP contribution in [0, 0.1) is 12.7 Å². The number of carbonyl (C=O) groups excluding carboxylic acids is 1. The van der Waals surface area contributed by atoms with Gasteiger partial charge in [-0.1, -0.05) is 12.1 Å². The van der Waals surface area contributed by atoms with Crippen molar-refractivity contribution in [2.24, 2.45) is 0 Å². The Morgan fingerprint density at radius 3 is 2.96 bits per heavy atom. The van der Waals surface area contributed by atoms with Crippen molar-refractivity contribution in [1.29, 1.82) is 0 Å². The van der Waals surface area contributed by atoms with Crippen molar-refractivity contribution in [1.82, 2.24) is 15.3 Å². The van der Waals surface area contributed by atoms with Gasteiger partial charge in [-0.2, -0.15) is 0 Å². The fourth-order valence-electron chi connectivity index (χ4n) is 2.18. The van der Waals surface area contributed by atoms with Gasteiger partial charge in [0.2, 0.25) is 5.91 Å². The van der Waals surface area contributed by atoms with E-state index in [1.54, 1.807) is 25.4 Å². The SMILES string of the molecule is Cc1ccc(CNC(=O)Cc2csc(-c3cccnc3)n2)cc1F. The fourth-order valence-corrected chi connectivity index (χ4v) is 2.99. The molecule has 6 heteroatoms. The van der Waals surface area contributed by atoms with Crippen LogP contribution < -0.4 is 5.32 Å². The van der Waals surface area contributed by atoms with Gasteiger partial charge in [-0.15, -0.1) is 11.3 Å². The Balaban J connectivity index is 1.57. The minimum Gasteiger partial charge on any atom is -0.352 e. The van der Waals surface area contributed by atoms with E-state index in [0.717, 1.165) is 16.1 Å². The van der Waals surface area contributed by atoms with Crippen LogP contribution in [0.3, 0.4) is 0 Å². The number of aryl methyl sites for hydroxylation is 1. The molecule has 1 amide bonds. The van der Waals surface area contributed by atoms with Gasteiger partial charge in [0.15, 0.2) is 0 Å². The molecular formula is C18H16FN3OS. The second-order valence-electron chi connectivity index (χ2n) is 5.42. The summed E-state index contributed by atoms with van der Waals surface area (Å²) < 4.78 is 13.5. The molecule has 1 N–H and O–H groups in total. The molecular weight excluding hydrogens is 325 g/mol. The summed E-state index contributed by atoms with van der Waals surface area (Å²) in [6.07, 6.45) is 3.65. The summed E-state index contributed by atoms with van der Waals surface area (Å²) in [4.78, 5) is 20.6. The summed E-state index contributed by atoms with van der Waals surface area (Å²) in [5, 5.41) is 5.50.